The molecule has 6 nitrogen and oxygen atoms in total. The van der Waals surface area contributed by atoms with E-state index < -0.39 is 0 Å². The van der Waals surface area contributed by atoms with Gasteiger partial charge < -0.3 is 10.6 Å². The van der Waals surface area contributed by atoms with E-state index in [0.29, 0.717) is 20.7 Å². The van der Waals surface area contributed by atoms with E-state index in [1.807, 2.05) is 38.1 Å². The van der Waals surface area contributed by atoms with Crippen molar-refractivity contribution in [2.45, 2.75) is 30.4 Å². The normalized spacial score (nSPS) is 11.7. The largest absolute Gasteiger partial charge is 0.330 e. The number of para-hydroxylation sites is 1. The molecule has 144 valence electrons. The molecule has 2 N–H and O–H groups in total. The van der Waals surface area contributed by atoms with Crippen LogP contribution in [0, 0.1) is 6.92 Å². The summed E-state index contributed by atoms with van der Waals surface area (Å²) in [5.74, 6) is -0.199. The summed E-state index contributed by atoms with van der Waals surface area (Å²) in [5, 5.41) is 14.7. The number of benzene rings is 2. The number of aromatic nitrogens is 2. The van der Waals surface area contributed by atoms with E-state index in [1.54, 1.807) is 24.3 Å². The molecule has 2 aromatic carbocycles. The molecule has 1 amide bonds. The minimum atomic E-state index is -0.361. The van der Waals surface area contributed by atoms with E-state index in [-0.39, 0.29) is 16.9 Å². The average Bonchev–Trinajstić information content (AvgIpc) is 3.10. The van der Waals surface area contributed by atoms with Crippen molar-refractivity contribution < 1.29 is 9.59 Å². The first-order chi connectivity index (χ1) is 13.4. The molecule has 8 heteroatoms. The smallest absolute Gasteiger partial charge is 0.237 e. The van der Waals surface area contributed by atoms with Crippen LogP contribution in [0.15, 0.2) is 52.9 Å². The van der Waals surface area contributed by atoms with Gasteiger partial charge in [0.2, 0.25) is 11.0 Å². The third kappa shape index (κ3) is 5.17. The number of carbonyl (C=O) groups is 2. The zero-order valence-electron chi connectivity index (χ0n) is 15.7. The predicted octanol–water partition coefficient (Wildman–Crippen LogP) is 4.91. The number of hydrogen-bond acceptors (Lipinski definition) is 7. The summed E-state index contributed by atoms with van der Waals surface area (Å²) in [6.45, 7) is 5.33. The molecule has 0 spiro atoms. The van der Waals surface area contributed by atoms with Crippen LogP contribution in [0.1, 0.15) is 29.8 Å². The number of aryl methyl sites for hydroxylation is 1. The fourth-order valence-electron chi connectivity index (χ4n) is 2.40. The third-order valence-electron chi connectivity index (χ3n) is 3.98. The number of nitrogens with zero attached hydrogens (tertiary/aromatic N) is 2. The first kappa shape index (κ1) is 20.0. The zero-order valence-corrected chi connectivity index (χ0v) is 17.4. The molecule has 0 saturated heterocycles. The van der Waals surface area contributed by atoms with Crippen molar-refractivity contribution in [2.75, 3.05) is 10.6 Å². The molecule has 3 aromatic rings. The summed E-state index contributed by atoms with van der Waals surface area (Å²) in [7, 11) is 0. The van der Waals surface area contributed by atoms with Gasteiger partial charge in [0.05, 0.1) is 5.25 Å². The lowest BCUT2D eigenvalue weighted by Gasteiger charge is -2.10. The van der Waals surface area contributed by atoms with Crippen LogP contribution in [0.25, 0.3) is 0 Å². The van der Waals surface area contributed by atoms with Crippen LogP contribution >= 0.6 is 23.1 Å². The second-order valence-corrected chi connectivity index (χ2v) is 8.76. The van der Waals surface area contributed by atoms with Crippen molar-refractivity contribution in [1.29, 1.82) is 0 Å². The summed E-state index contributed by atoms with van der Waals surface area (Å²) in [5.41, 5.74) is 3.26. The lowest BCUT2D eigenvalue weighted by Crippen LogP contribution is -2.22. The Morgan fingerprint density at radius 3 is 2.64 bits per heavy atom. The van der Waals surface area contributed by atoms with Crippen LogP contribution in [0.2, 0.25) is 0 Å². The van der Waals surface area contributed by atoms with Gasteiger partial charge in [-0.25, -0.2) is 0 Å². The number of rotatable bonds is 7. The molecule has 0 unspecified atom stereocenters. The first-order valence-electron chi connectivity index (χ1n) is 8.67. The van der Waals surface area contributed by atoms with E-state index >= 15 is 0 Å². The van der Waals surface area contributed by atoms with Gasteiger partial charge in [0.25, 0.3) is 0 Å². The van der Waals surface area contributed by atoms with Gasteiger partial charge in [-0.2, -0.15) is 0 Å². The molecule has 0 aliphatic carbocycles. The fraction of sp³-hybridized carbons (Fsp3) is 0.200. The van der Waals surface area contributed by atoms with Gasteiger partial charge in [-0.3, -0.25) is 9.59 Å². The number of anilines is 3. The highest BCUT2D eigenvalue weighted by atomic mass is 32.2. The minimum absolute atomic E-state index is 0.0407. The number of ketones is 1. The molecule has 1 aromatic heterocycles. The molecule has 0 radical (unpaired) electrons. The van der Waals surface area contributed by atoms with Crippen molar-refractivity contribution in [3.63, 3.8) is 0 Å². The van der Waals surface area contributed by atoms with Gasteiger partial charge >= 0.3 is 0 Å². The molecule has 0 saturated carbocycles. The molecule has 3 rings (SSSR count). The highest BCUT2D eigenvalue weighted by Crippen LogP contribution is 2.31. The first-order valence-corrected chi connectivity index (χ1v) is 10.4. The Hall–Kier alpha value is -2.71. The summed E-state index contributed by atoms with van der Waals surface area (Å²) >= 11 is 2.74. The third-order valence-corrected chi connectivity index (χ3v) is 6.00. The Labute approximate surface area is 171 Å². The van der Waals surface area contributed by atoms with Crippen LogP contribution in [0.3, 0.4) is 0 Å². The fourth-order valence-corrected chi connectivity index (χ4v) is 4.31. The maximum absolute atomic E-state index is 12.5. The van der Waals surface area contributed by atoms with Gasteiger partial charge in [-0.15, -0.1) is 10.2 Å². The summed E-state index contributed by atoms with van der Waals surface area (Å²) < 4.78 is 0.705. The monoisotopic (exact) mass is 412 g/mol. The molecule has 28 heavy (non-hydrogen) atoms. The number of carbonyl (C=O) groups excluding carboxylic acids is 2. The van der Waals surface area contributed by atoms with Crippen LogP contribution in [0.4, 0.5) is 16.5 Å². The van der Waals surface area contributed by atoms with Crippen molar-refractivity contribution in [3.05, 3.63) is 59.7 Å². The highest BCUT2D eigenvalue weighted by molar-refractivity contribution is 8.02. The van der Waals surface area contributed by atoms with Crippen LogP contribution < -0.4 is 10.6 Å². The second kappa shape index (κ2) is 8.99. The van der Waals surface area contributed by atoms with Gasteiger partial charge in [0.15, 0.2) is 10.1 Å². The molecule has 1 atom stereocenters. The molecule has 1 heterocycles. The predicted molar refractivity (Wildman–Crippen MR) is 115 cm³/mol. The van der Waals surface area contributed by atoms with E-state index in [1.165, 1.54) is 30.0 Å². The summed E-state index contributed by atoms with van der Waals surface area (Å²) in [6.07, 6.45) is 0. The van der Waals surface area contributed by atoms with E-state index in [4.69, 9.17) is 0 Å². The molecular formula is C20H20N4O2S2. The van der Waals surface area contributed by atoms with Crippen LogP contribution in [-0.2, 0) is 4.79 Å². The molecular weight excluding hydrogens is 392 g/mol. The maximum atomic E-state index is 12.5. The lowest BCUT2D eigenvalue weighted by molar-refractivity contribution is -0.115. The van der Waals surface area contributed by atoms with E-state index in [9.17, 15) is 9.59 Å². The van der Waals surface area contributed by atoms with Crippen LogP contribution in [0.5, 0.6) is 0 Å². The van der Waals surface area contributed by atoms with Crippen molar-refractivity contribution in [1.82, 2.24) is 10.2 Å². The topological polar surface area (TPSA) is 84.0 Å². The van der Waals surface area contributed by atoms with Crippen molar-refractivity contribution in [2.24, 2.45) is 0 Å². The Kier molecular flexibility index (Phi) is 6.43. The Morgan fingerprint density at radius 2 is 1.89 bits per heavy atom. The van der Waals surface area contributed by atoms with Gasteiger partial charge in [-0.1, -0.05) is 53.4 Å². The van der Waals surface area contributed by atoms with Gasteiger partial charge in [-0.05, 0) is 44.5 Å². The summed E-state index contributed by atoms with van der Waals surface area (Å²) in [6, 6.07) is 14.8. The maximum Gasteiger partial charge on any atom is 0.237 e. The Balaban J connectivity index is 1.60. The number of thioether (sulfide) groups is 1. The highest BCUT2D eigenvalue weighted by Gasteiger charge is 2.18. The molecule has 0 bridgehead atoms. The average molecular weight is 413 g/mol. The number of Topliss-reactive ketones (excluding diaryl/α,β-unsaturated/α-hetero) is 1. The van der Waals surface area contributed by atoms with Gasteiger partial charge in [0, 0.05) is 16.9 Å². The Morgan fingerprint density at radius 1 is 1.11 bits per heavy atom. The standard InChI is InChI=1S/C20H20N4O2S2/c1-12-7-4-5-10-17(12)22-19-23-24-20(28-19)27-14(3)18(26)21-16-9-6-8-15(11-16)13(2)25/h4-11,14H,1-3H3,(H,21,26)(H,22,23)/t14-/m0/s1. The number of hydrogen-bond donors (Lipinski definition) is 2. The second-order valence-electron chi connectivity index (χ2n) is 6.20. The molecule has 0 aliphatic heterocycles. The Bertz CT molecular complexity index is 1000. The molecule has 0 aliphatic rings. The quantitative estimate of drug-likeness (QED) is 0.424. The summed E-state index contributed by atoms with van der Waals surface area (Å²) in [4.78, 5) is 23.9. The zero-order chi connectivity index (χ0) is 20.1. The number of nitrogens with one attached hydrogen (secondary N) is 2. The van der Waals surface area contributed by atoms with Crippen LogP contribution in [-0.4, -0.2) is 27.1 Å². The number of amides is 1. The lowest BCUT2D eigenvalue weighted by atomic mass is 10.1. The van der Waals surface area contributed by atoms with Crippen molar-refractivity contribution >= 4 is 51.3 Å². The minimum Gasteiger partial charge on any atom is -0.330 e. The van der Waals surface area contributed by atoms with Gasteiger partial charge in [0.1, 0.15) is 0 Å². The van der Waals surface area contributed by atoms with E-state index in [2.05, 4.69) is 20.8 Å². The van der Waals surface area contributed by atoms with Crippen molar-refractivity contribution in [3.8, 4) is 0 Å². The SMILES string of the molecule is CC(=O)c1cccc(NC(=O)[C@H](C)Sc2nnc(Nc3ccccc3C)s2)c1. The molecule has 0 fully saturated rings. The van der Waals surface area contributed by atoms with E-state index in [0.717, 1.165) is 11.3 Å².